The van der Waals surface area contributed by atoms with Crippen molar-refractivity contribution in [1.82, 2.24) is 5.32 Å². The lowest BCUT2D eigenvalue weighted by molar-refractivity contribution is -0.0183. The third kappa shape index (κ3) is 3.74. The normalized spacial score (nSPS) is 17.2. The highest BCUT2D eigenvalue weighted by molar-refractivity contribution is 4.98. The first-order valence-electron chi connectivity index (χ1n) is 4.19. The van der Waals surface area contributed by atoms with Gasteiger partial charge in [-0.25, -0.2) is 0 Å². The van der Waals surface area contributed by atoms with Crippen LogP contribution in [0, 0.1) is 0 Å². The molecule has 2 N–H and O–H groups in total. The Morgan fingerprint density at radius 3 is 2.58 bits per heavy atom. The van der Waals surface area contributed by atoms with Crippen LogP contribution < -0.4 is 5.32 Å². The minimum Gasteiger partial charge on any atom is -0.392 e. The predicted octanol–water partition coefficient (Wildman–Crippen LogP) is 1.24. The van der Waals surface area contributed by atoms with Crippen molar-refractivity contribution < 1.29 is 9.84 Å². The summed E-state index contributed by atoms with van der Waals surface area (Å²) in [4.78, 5) is 0. The number of aliphatic hydroxyl groups is 1. The number of methoxy groups -OCH3 is 1. The fourth-order valence-electron chi connectivity index (χ4n) is 0.889. The number of allylic oxidation sites excluding steroid dienone is 1. The van der Waals surface area contributed by atoms with Gasteiger partial charge in [-0.3, -0.25) is 0 Å². The van der Waals surface area contributed by atoms with Crippen LogP contribution in [0.5, 0.6) is 0 Å². The number of rotatable bonds is 5. The molecule has 0 aromatic rings. The predicted molar refractivity (Wildman–Crippen MR) is 49.7 cm³/mol. The molecule has 0 aromatic heterocycles. The second kappa shape index (κ2) is 5.17. The van der Waals surface area contributed by atoms with Crippen molar-refractivity contribution in [3.05, 3.63) is 11.8 Å². The number of aliphatic hydroxyl groups excluding tert-OH is 1. The Balaban J connectivity index is 4.11. The Morgan fingerprint density at radius 1 is 1.67 bits per heavy atom. The summed E-state index contributed by atoms with van der Waals surface area (Å²) in [6.45, 7) is 5.98. The molecule has 0 amide bonds. The SMILES string of the molecule is CCC(C)(N/C(C)=C/CO)OC. The van der Waals surface area contributed by atoms with E-state index in [1.54, 1.807) is 13.2 Å². The summed E-state index contributed by atoms with van der Waals surface area (Å²) in [6, 6.07) is 0. The molecule has 0 heterocycles. The lowest BCUT2D eigenvalue weighted by atomic mass is 10.2. The summed E-state index contributed by atoms with van der Waals surface area (Å²) >= 11 is 0. The first-order chi connectivity index (χ1) is 5.58. The van der Waals surface area contributed by atoms with Gasteiger partial charge in [-0.2, -0.15) is 0 Å². The Labute approximate surface area is 74.4 Å². The third-order valence-corrected chi connectivity index (χ3v) is 1.98. The quantitative estimate of drug-likeness (QED) is 0.615. The molecule has 0 rings (SSSR count). The molecule has 0 radical (unpaired) electrons. The first-order valence-corrected chi connectivity index (χ1v) is 4.19. The van der Waals surface area contributed by atoms with Crippen LogP contribution in [0.25, 0.3) is 0 Å². The maximum atomic E-state index is 8.62. The van der Waals surface area contributed by atoms with Crippen LogP contribution in [0.3, 0.4) is 0 Å². The number of ether oxygens (including phenoxy) is 1. The molecule has 0 aliphatic carbocycles. The number of nitrogens with one attached hydrogen (secondary N) is 1. The van der Waals surface area contributed by atoms with Gasteiger partial charge in [-0.05, 0) is 26.3 Å². The molecule has 0 bridgehead atoms. The number of hydrogen-bond donors (Lipinski definition) is 2. The van der Waals surface area contributed by atoms with Crippen LogP contribution in [0.1, 0.15) is 27.2 Å². The van der Waals surface area contributed by atoms with Gasteiger partial charge >= 0.3 is 0 Å². The van der Waals surface area contributed by atoms with E-state index in [2.05, 4.69) is 5.32 Å². The average Bonchev–Trinajstić information content (AvgIpc) is 2.05. The summed E-state index contributed by atoms with van der Waals surface area (Å²) in [7, 11) is 1.67. The monoisotopic (exact) mass is 173 g/mol. The van der Waals surface area contributed by atoms with Crippen molar-refractivity contribution >= 4 is 0 Å². The Morgan fingerprint density at radius 2 is 2.25 bits per heavy atom. The zero-order valence-electron chi connectivity index (χ0n) is 8.35. The molecule has 0 saturated carbocycles. The molecule has 0 aromatic carbocycles. The van der Waals surface area contributed by atoms with Gasteiger partial charge in [-0.1, -0.05) is 6.92 Å². The zero-order valence-corrected chi connectivity index (χ0v) is 8.35. The second-order valence-corrected chi connectivity index (χ2v) is 2.98. The van der Waals surface area contributed by atoms with Crippen molar-refractivity contribution in [3.63, 3.8) is 0 Å². The average molecular weight is 173 g/mol. The molecule has 3 heteroatoms. The highest BCUT2D eigenvalue weighted by Crippen LogP contribution is 2.11. The van der Waals surface area contributed by atoms with Gasteiger partial charge < -0.3 is 15.2 Å². The van der Waals surface area contributed by atoms with E-state index in [0.29, 0.717) is 0 Å². The van der Waals surface area contributed by atoms with Gasteiger partial charge in [0.15, 0.2) is 0 Å². The summed E-state index contributed by atoms with van der Waals surface area (Å²) < 4.78 is 5.27. The summed E-state index contributed by atoms with van der Waals surface area (Å²) in [6.07, 6.45) is 2.59. The lowest BCUT2D eigenvalue weighted by Crippen LogP contribution is -2.42. The van der Waals surface area contributed by atoms with E-state index in [4.69, 9.17) is 9.84 Å². The largest absolute Gasteiger partial charge is 0.392 e. The lowest BCUT2D eigenvalue weighted by Gasteiger charge is -2.29. The van der Waals surface area contributed by atoms with Crippen molar-refractivity contribution in [2.75, 3.05) is 13.7 Å². The van der Waals surface area contributed by atoms with Gasteiger partial charge in [0.2, 0.25) is 0 Å². The molecule has 3 nitrogen and oxygen atoms in total. The van der Waals surface area contributed by atoms with Crippen LogP contribution in [0.15, 0.2) is 11.8 Å². The first kappa shape index (κ1) is 11.5. The molecule has 0 aliphatic rings. The van der Waals surface area contributed by atoms with E-state index in [9.17, 15) is 0 Å². The van der Waals surface area contributed by atoms with Crippen LogP contribution in [0.4, 0.5) is 0 Å². The smallest absolute Gasteiger partial charge is 0.134 e. The fourth-order valence-corrected chi connectivity index (χ4v) is 0.889. The van der Waals surface area contributed by atoms with Gasteiger partial charge in [0.25, 0.3) is 0 Å². The van der Waals surface area contributed by atoms with Gasteiger partial charge in [0.1, 0.15) is 5.72 Å². The fraction of sp³-hybridized carbons (Fsp3) is 0.778. The highest BCUT2D eigenvalue weighted by Gasteiger charge is 2.19. The maximum absolute atomic E-state index is 8.62. The van der Waals surface area contributed by atoms with E-state index in [0.717, 1.165) is 12.1 Å². The minimum absolute atomic E-state index is 0.0579. The highest BCUT2D eigenvalue weighted by atomic mass is 16.5. The summed E-state index contributed by atoms with van der Waals surface area (Å²) in [5.74, 6) is 0. The van der Waals surface area contributed by atoms with Crippen LogP contribution in [0.2, 0.25) is 0 Å². The molecule has 0 aliphatic heterocycles. The summed E-state index contributed by atoms with van der Waals surface area (Å²) in [5.41, 5.74) is 0.610. The Hall–Kier alpha value is -0.540. The Kier molecular flexibility index (Phi) is 4.93. The third-order valence-electron chi connectivity index (χ3n) is 1.98. The van der Waals surface area contributed by atoms with Gasteiger partial charge in [0, 0.05) is 12.8 Å². The van der Waals surface area contributed by atoms with Crippen LogP contribution in [-0.4, -0.2) is 24.5 Å². The van der Waals surface area contributed by atoms with E-state index in [1.807, 2.05) is 20.8 Å². The molecule has 1 unspecified atom stereocenters. The molecule has 1 atom stereocenters. The molecule has 0 spiro atoms. The van der Waals surface area contributed by atoms with E-state index < -0.39 is 0 Å². The van der Waals surface area contributed by atoms with E-state index >= 15 is 0 Å². The van der Waals surface area contributed by atoms with Crippen LogP contribution >= 0.6 is 0 Å². The number of hydrogen-bond acceptors (Lipinski definition) is 3. The second-order valence-electron chi connectivity index (χ2n) is 2.98. The minimum atomic E-state index is -0.324. The van der Waals surface area contributed by atoms with Crippen molar-refractivity contribution in [1.29, 1.82) is 0 Å². The van der Waals surface area contributed by atoms with Crippen molar-refractivity contribution in [2.45, 2.75) is 32.9 Å². The molecular formula is C9H19NO2. The maximum Gasteiger partial charge on any atom is 0.134 e. The molecule has 72 valence electrons. The van der Waals surface area contributed by atoms with Crippen molar-refractivity contribution in [2.24, 2.45) is 0 Å². The molecular weight excluding hydrogens is 154 g/mol. The van der Waals surface area contributed by atoms with Crippen molar-refractivity contribution in [3.8, 4) is 0 Å². The van der Waals surface area contributed by atoms with Gasteiger partial charge in [-0.15, -0.1) is 0 Å². The van der Waals surface area contributed by atoms with E-state index in [1.165, 1.54) is 0 Å². The summed E-state index contributed by atoms with van der Waals surface area (Å²) in [5, 5.41) is 11.8. The zero-order chi connectivity index (χ0) is 9.61. The van der Waals surface area contributed by atoms with E-state index in [-0.39, 0.29) is 12.3 Å². The molecule has 12 heavy (non-hydrogen) atoms. The Bertz CT molecular complexity index is 151. The molecule has 0 saturated heterocycles. The topological polar surface area (TPSA) is 41.5 Å². The molecule has 0 fully saturated rings. The van der Waals surface area contributed by atoms with Crippen LogP contribution in [-0.2, 0) is 4.74 Å². The standard InChI is InChI=1S/C9H19NO2/c1-5-9(3,12-4)10-8(2)6-7-11/h6,10-11H,5,7H2,1-4H3/b8-6+. The van der Waals surface area contributed by atoms with Gasteiger partial charge in [0.05, 0.1) is 6.61 Å².